The fraction of sp³-hybridized carbons (Fsp3) is 0.278. The van der Waals surface area contributed by atoms with E-state index in [-0.39, 0.29) is 18.9 Å². The van der Waals surface area contributed by atoms with Crippen LogP contribution in [0.25, 0.3) is 11.0 Å². The number of nitrogens with one attached hydrogen (secondary N) is 2. The van der Waals surface area contributed by atoms with E-state index in [4.69, 9.17) is 8.83 Å². The molecule has 0 aliphatic heterocycles. The highest BCUT2D eigenvalue weighted by Gasteiger charge is 2.26. The highest BCUT2D eigenvalue weighted by atomic mass is 19.1. The summed E-state index contributed by atoms with van der Waals surface area (Å²) < 4.78 is 24.1. The van der Waals surface area contributed by atoms with Crippen molar-refractivity contribution >= 4 is 17.0 Å². The molecule has 0 saturated carbocycles. The molecule has 2 aromatic heterocycles. The number of urea groups is 1. The number of halogens is 1. The van der Waals surface area contributed by atoms with Crippen LogP contribution >= 0.6 is 0 Å². The number of fused-ring (bicyclic) bond motifs is 1. The van der Waals surface area contributed by atoms with Gasteiger partial charge in [0.05, 0.1) is 19.4 Å². The predicted octanol–water partition coefficient (Wildman–Crippen LogP) is 3.18. The van der Waals surface area contributed by atoms with Crippen molar-refractivity contribution in [3.05, 3.63) is 59.5 Å². The molecule has 0 unspecified atom stereocenters. The molecule has 0 bridgehead atoms. The third-order valence-corrected chi connectivity index (χ3v) is 4.05. The lowest BCUT2D eigenvalue weighted by atomic mass is 10.0. The van der Waals surface area contributed by atoms with Gasteiger partial charge in [0.15, 0.2) is 0 Å². The molecular formula is C18H19FN2O4. The van der Waals surface area contributed by atoms with Crippen molar-refractivity contribution in [1.29, 1.82) is 0 Å². The molecule has 2 amide bonds. The molecule has 6 nitrogen and oxygen atoms in total. The number of benzene rings is 1. The van der Waals surface area contributed by atoms with Crippen molar-refractivity contribution in [3.8, 4) is 0 Å². The topological polar surface area (TPSA) is 87.6 Å². The molecule has 0 spiro atoms. The Morgan fingerprint density at radius 3 is 2.84 bits per heavy atom. The van der Waals surface area contributed by atoms with E-state index in [9.17, 15) is 14.3 Å². The first-order chi connectivity index (χ1) is 11.9. The summed E-state index contributed by atoms with van der Waals surface area (Å²) in [5.41, 5.74) is 0.0300. The molecule has 1 atom stereocenters. The summed E-state index contributed by atoms with van der Waals surface area (Å²) in [7, 11) is 0. The average molecular weight is 346 g/mol. The second kappa shape index (κ2) is 6.60. The number of rotatable bonds is 5. The smallest absolute Gasteiger partial charge is 0.315 e. The Balaban J connectivity index is 1.58. The number of amides is 2. The van der Waals surface area contributed by atoms with E-state index in [0.717, 1.165) is 5.56 Å². The van der Waals surface area contributed by atoms with Crippen molar-refractivity contribution in [2.75, 3.05) is 6.54 Å². The normalized spacial score (nSPS) is 13.6. The van der Waals surface area contributed by atoms with Crippen LogP contribution in [0, 0.1) is 12.7 Å². The van der Waals surface area contributed by atoms with Crippen LogP contribution in [-0.2, 0) is 12.1 Å². The van der Waals surface area contributed by atoms with Crippen molar-refractivity contribution in [2.45, 2.75) is 26.0 Å². The molecule has 3 N–H and O–H groups in total. The van der Waals surface area contributed by atoms with Gasteiger partial charge in [0, 0.05) is 10.9 Å². The number of carbonyl (C=O) groups is 1. The van der Waals surface area contributed by atoms with Crippen LogP contribution in [0.15, 0.2) is 45.4 Å². The summed E-state index contributed by atoms with van der Waals surface area (Å²) in [6, 6.07) is 7.12. The van der Waals surface area contributed by atoms with Gasteiger partial charge in [-0.3, -0.25) is 0 Å². The van der Waals surface area contributed by atoms with E-state index in [2.05, 4.69) is 10.6 Å². The molecule has 0 aliphatic carbocycles. The largest absolute Gasteiger partial charge is 0.466 e. The first-order valence-electron chi connectivity index (χ1n) is 7.82. The molecule has 3 aromatic rings. The van der Waals surface area contributed by atoms with Crippen LogP contribution in [0.1, 0.15) is 24.0 Å². The molecule has 1 aromatic carbocycles. The fourth-order valence-corrected chi connectivity index (χ4v) is 2.56. The van der Waals surface area contributed by atoms with E-state index >= 15 is 0 Å². The number of carbonyl (C=O) groups excluding carboxylic acids is 1. The molecule has 25 heavy (non-hydrogen) atoms. The Kier molecular flexibility index (Phi) is 4.50. The summed E-state index contributed by atoms with van der Waals surface area (Å²) in [6.45, 7) is 3.49. The number of aryl methyl sites for hydroxylation is 1. The molecule has 0 saturated heterocycles. The third-order valence-electron chi connectivity index (χ3n) is 4.05. The van der Waals surface area contributed by atoms with Crippen molar-refractivity contribution in [1.82, 2.24) is 10.6 Å². The van der Waals surface area contributed by atoms with Crippen molar-refractivity contribution in [2.24, 2.45) is 0 Å². The zero-order chi connectivity index (χ0) is 18.0. The summed E-state index contributed by atoms with van der Waals surface area (Å²) in [5, 5.41) is 16.2. The van der Waals surface area contributed by atoms with E-state index in [0.29, 0.717) is 22.5 Å². The van der Waals surface area contributed by atoms with Gasteiger partial charge in [-0.25, -0.2) is 9.18 Å². The van der Waals surface area contributed by atoms with Gasteiger partial charge in [-0.15, -0.1) is 0 Å². The van der Waals surface area contributed by atoms with Crippen LogP contribution in [0.4, 0.5) is 9.18 Å². The second-order valence-electron chi connectivity index (χ2n) is 6.08. The Morgan fingerprint density at radius 1 is 1.32 bits per heavy atom. The SMILES string of the molecule is Cc1c(CNC(=O)NC[C@@](C)(O)c2ccco2)oc2ccc(F)cc12. The van der Waals surface area contributed by atoms with Gasteiger partial charge >= 0.3 is 6.03 Å². The maximum atomic E-state index is 13.3. The summed E-state index contributed by atoms with van der Waals surface area (Å²) >= 11 is 0. The van der Waals surface area contributed by atoms with Crippen LogP contribution in [0.5, 0.6) is 0 Å². The van der Waals surface area contributed by atoms with Gasteiger partial charge < -0.3 is 24.6 Å². The molecular weight excluding hydrogens is 327 g/mol. The monoisotopic (exact) mass is 346 g/mol. The standard InChI is InChI=1S/C18H19FN2O4/c1-11-13-8-12(19)5-6-14(13)25-15(11)9-20-17(22)21-10-18(2,23)16-4-3-7-24-16/h3-8,23H,9-10H2,1-2H3,(H2,20,21,22)/t18-/m1/s1. The number of furan rings is 2. The predicted molar refractivity (Wildman–Crippen MR) is 89.4 cm³/mol. The molecule has 0 fully saturated rings. The van der Waals surface area contributed by atoms with Crippen LogP contribution in [0.2, 0.25) is 0 Å². The summed E-state index contributed by atoms with van der Waals surface area (Å²) in [5.74, 6) is 0.574. The van der Waals surface area contributed by atoms with Crippen LogP contribution < -0.4 is 10.6 Å². The van der Waals surface area contributed by atoms with Gasteiger partial charge in [0.2, 0.25) is 0 Å². The number of aliphatic hydroxyl groups is 1. The van der Waals surface area contributed by atoms with Crippen molar-refractivity contribution < 1.29 is 23.1 Å². The third kappa shape index (κ3) is 3.66. The van der Waals surface area contributed by atoms with Gasteiger partial charge in [-0.05, 0) is 44.2 Å². The second-order valence-corrected chi connectivity index (χ2v) is 6.08. The quantitative estimate of drug-likeness (QED) is 0.662. The van der Waals surface area contributed by atoms with Gasteiger partial charge in [0.1, 0.15) is 28.5 Å². The molecule has 0 radical (unpaired) electrons. The summed E-state index contributed by atoms with van der Waals surface area (Å²) in [6.07, 6.45) is 1.46. The molecule has 2 heterocycles. The molecule has 132 valence electrons. The lowest BCUT2D eigenvalue weighted by Crippen LogP contribution is -2.43. The molecule has 0 aliphatic rings. The Hall–Kier alpha value is -2.80. The van der Waals surface area contributed by atoms with E-state index in [1.54, 1.807) is 25.1 Å². The van der Waals surface area contributed by atoms with Crippen LogP contribution in [0.3, 0.4) is 0 Å². The zero-order valence-corrected chi connectivity index (χ0v) is 13.9. The Labute approximate surface area is 143 Å². The Bertz CT molecular complexity index is 884. The molecule has 7 heteroatoms. The Morgan fingerprint density at radius 2 is 2.12 bits per heavy atom. The minimum atomic E-state index is -1.31. The number of hydrogen-bond donors (Lipinski definition) is 3. The van der Waals surface area contributed by atoms with Crippen molar-refractivity contribution in [3.63, 3.8) is 0 Å². The van der Waals surface area contributed by atoms with Gasteiger partial charge in [-0.1, -0.05) is 0 Å². The van der Waals surface area contributed by atoms with Crippen LogP contribution in [-0.4, -0.2) is 17.7 Å². The fourth-order valence-electron chi connectivity index (χ4n) is 2.56. The maximum absolute atomic E-state index is 13.3. The minimum absolute atomic E-state index is 0.0172. The lowest BCUT2D eigenvalue weighted by Gasteiger charge is -2.21. The highest BCUT2D eigenvalue weighted by molar-refractivity contribution is 5.82. The number of hydrogen-bond acceptors (Lipinski definition) is 4. The molecule has 3 rings (SSSR count). The van der Waals surface area contributed by atoms with Gasteiger partial charge in [-0.2, -0.15) is 0 Å². The average Bonchev–Trinajstić information content (AvgIpc) is 3.21. The van der Waals surface area contributed by atoms with E-state index in [1.807, 2.05) is 6.92 Å². The zero-order valence-electron chi connectivity index (χ0n) is 13.9. The maximum Gasteiger partial charge on any atom is 0.315 e. The first-order valence-corrected chi connectivity index (χ1v) is 7.82. The van der Waals surface area contributed by atoms with Gasteiger partial charge in [0.25, 0.3) is 0 Å². The minimum Gasteiger partial charge on any atom is -0.466 e. The highest BCUT2D eigenvalue weighted by Crippen LogP contribution is 2.26. The van der Waals surface area contributed by atoms with E-state index < -0.39 is 11.6 Å². The first kappa shape index (κ1) is 17.0. The lowest BCUT2D eigenvalue weighted by molar-refractivity contribution is 0.0367. The summed E-state index contributed by atoms with van der Waals surface area (Å²) in [4.78, 5) is 11.9. The van der Waals surface area contributed by atoms with E-state index in [1.165, 1.54) is 18.4 Å².